The Hall–Kier alpha value is -4.68. The van der Waals surface area contributed by atoms with E-state index in [9.17, 15) is 5.26 Å². The summed E-state index contributed by atoms with van der Waals surface area (Å²) in [6.45, 7) is -5.04. The number of pyridine rings is 1. The largest absolute Gasteiger partial charge is 0.455 e. The molecule has 4 aromatic carbocycles. The summed E-state index contributed by atoms with van der Waals surface area (Å²) in [5.74, 6) is 0. The maximum absolute atomic E-state index is 9.31. The molecule has 0 radical (unpaired) electrons. The van der Waals surface area contributed by atoms with Gasteiger partial charge in [0.05, 0.1) is 17.3 Å². The fourth-order valence-corrected chi connectivity index (χ4v) is 4.48. The van der Waals surface area contributed by atoms with E-state index in [0.29, 0.717) is 39.1 Å². The van der Waals surface area contributed by atoms with Gasteiger partial charge in [-0.05, 0) is 77.4 Å². The Kier molecular flexibility index (Phi) is 3.61. The second-order valence-electron chi connectivity index (χ2n) is 8.35. The first-order valence-corrected chi connectivity index (χ1v) is 11.1. The highest BCUT2D eigenvalue weighted by molar-refractivity contribution is 6.09. The van der Waals surface area contributed by atoms with Gasteiger partial charge in [0.2, 0.25) is 0 Å². The molecule has 2 heterocycles. The molecule has 0 N–H and O–H groups in total. The summed E-state index contributed by atoms with van der Waals surface area (Å²) in [5, 5.41) is 11.0. The number of fused-ring (bicyclic) bond motifs is 3. The van der Waals surface area contributed by atoms with Crippen LogP contribution in [0, 0.1) is 25.0 Å². The number of nitriles is 1. The molecule has 0 saturated heterocycles. The molecule has 0 bridgehead atoms. The van der Waals surface area contributed by atoms with Crippen LogP contribution in [-0.2, 0) is 0 Å². The third-order valence-electron chi connectivity index (χ3n) is 6.22. The molecule has 0 aliphatic carbocycles. The van der Waals surface area contributed by atoms with Crippen molar-refractivity contribution in [3.05, 3.63) is 114 Å². The van der Waals surface area contributed by atoms with Gasteiger partial charge in [-0.15, -0.1) is 0 Å². The molecule has 0 spiro atoms. The van der Waals surface area contributed by atoms with Crippen molar-refractivity contribution in [1.29, 1.82) is 5.26 Å². The van der Waals surface area contributed by atoms with E-state index in [2.05, 4.69) is 11.1 Å². The minimum Gasteiger partial charge on any atom is -0.455 e. The topological polar surface area (TPSA) is 49.8 Å². The zero-order chi connectivity index (χ0) is 28.9. The minimum atomic E-state index is -2.54. The highest BCUT2D eigenvalue weighted by Crippen LogP contribution is 2.38. The van der Waals surface area contributed by atoms with E-state index in [-0.39, 0.29) is 16.7 Å². The summed E-state index contributed by atoms with van der Waals surface area (Å²) in [4.78, 5) is 4.50. The number of hydrogen-bond donors (Lipinski definition) is 0. The van der Waals surface area contributed by atoms with Crippen molar-refractivity contribution in [3.63, 3.8) is 0 Å². The molecule has 35 heavy (non-hydrogen) atoms. The number of benzene rings is 4. The van der Waals surface area contributed by atoms with E-state index in [0.717, 1.165) is 16.3 Å². The molecule has 3 nitrogen and oxygen atoms in total. The van der Waals surface area contributed by atoms with Gasteiger partial charge >= 0.3 is 0 Å². The minimum absolute atomic E-state index is 0.0466. The number of aryl methyl sites for hydroxylation is 2. The van der Waals surface area contributed by atoms with E-state index < -0.39 is 13.7 Å². The van der Waals surface area contributed by atoms with E-state index >= 15 is 0 Å². The average molecular weight is 457 g/mol. The Morgan fingerprint density at radius 1 is 0.743 bits per heavy atom. The van der Waals surface area contributed by atoms with Crippen LogP contribution < -0.4 is 0 Å². The van der Waals surface area contributed by atoms with Crippen molar-refractivity contribution in [1.82, 2.24) is 4.98 Å². The van der Waals surface area contributed by atoms with Crippen molar-refractivity contribution >= 4 is 21.9 Å². The quantitative estimate of drug-likeness (QED) is 0.268. The highest BCUT2D eigenvalue weighted by atomic mass is 16.3. The van der Waals surface area contributed by atoms with Crippen LogP contribution >= 0.6 is 0 Å². The Morgan fingerprint density at radius 2 is 1.63 bits per heavy atom. The van der Waals surface area contributed by atoms with Crippen LogP contribution in [0.2, 0.25) is 0 Å². The van der Waals surface area contributed by atoms with Crippen LogP contribution in [0.5, 0.6) is 0 Å². The molecule has 3 heteroatoms. The van der Waals surface area contributed by atoms with E-state index in [1.165, 1.54) is 6.20 Å². The molecule has 166 valence electrons. The fourth-order valence-electron chi connectivity index (χ4n) is 4.48. The van der Waals surface area contributed by atoms with Crippen molar-refractivity contribution in [2.45, 2.75) is 13.7 Å². The summed E-state index contributed by atoms with van der Waals surface area (Å²) in [5.41, 5.74) is 4.74. The van der Waals surface area contributed by atoms with Crippen molar-refractivity contribution in [2.24, 2.45) is 0 Å². The molecular formula is C32H22N2O. The van der Waals surface area contributed by atoms with Gasteiger partial charge in [-0.1, -0.05) is 60.7 Å². The number of rotatable bonds is 3. The molecule has 0 amide bonds. The van der Waals surface area contributed by atoms with Crippen molar-refractivity contribution < 1.29 is 12.6 Å². The van der Waals surface area contributed by atoms with Crippen LogP contribution in [0.3, 0.4) is 0 Å². The number of furan rings is 1. The van der Waals surface area contributed by atoms with Gasteiger partial charge in [-0.2, -0.15) is 5.26 Å². The summed E-state index contributed by atoms with van der Waals surface area (Å²) in [6, 6.07) is 29.0. The highest BCUT2D eigenvalue weighted by Gasteiger charge is 2.15. The standard InChI is InChI=1S/C32H22N2O/c1-20-15-24(23-7-4-3-5-8-23)12-14-25(20)29-17-30(34-19-21(29)2)28-10-6-9-27-26-13-11-22(18-33)16-31(26)35-32(27)28/h3-17,19H,1-2H3/i1D3,2D3. The predicted molar refractivity (Wildman–Crippen MR) is 142 cm³/mol. The molecule has 0 aliphatic rings. The van der Waals surface area contributed by atoms with Gasteiger partial charge in [0.1, 0.15) is 11.2 Å². The second kappa shape index (κ2) is 8.27. The molecule has 0 unspecified atom stereocenters. The monoisotopic (exact) mass is 456 g/mol. The fraction of sp³-hybridized carbons (Fsp3) is 0.0625. The van der Waals surface area contributed by atoms with Crippen LogP contribution in [0.4, 0.5) is 0 Å². The van der Waals surface area contributed by atoms with Gasteiger partial charge in [0, 0.05) is 30.8 Å². The lowest BCUT2D eigenvalue weighted by molar-refractivity contribution is 0.669. The lowest BCUT2D eigenvalue weighted by atomic mass is 9.93. The normalized spacial score (nSPS) is 14.4. The van der Waals surface area contributed by atoms with Crippen molar-refractivity contribution in [3.8, 4) is 39.6 Å². The first-order chi connectivity index (χ1) is 19.5. The Labute approximate surface area is 212 Å². The Balaban J connectivity index is 1.60. The maximum atomic E-state index is 9.31. The summed E-state index contributed by atoms with van der Waals surface area (Å²) >= 11 is 0. The molecule has 6 aromatic rings. The van der Waals surface area contributed by atoms with E-state index in [1.54, 1.807) is 36.4 Å². The number of hydrogen-bond acceptors (Lipinski definition) is 3. The summed E-state index contributed by atoms with van der Waals surface area (Å²) < 4.78 is 55.7. The van der Waals surface area contributed by atoms with Crippen LogP contribution in [-0.4, -0.2) is 4.98 Å². The molecular weight excluding hydrogens is 428 g/mol. The van der Waals surface area contributed by atoms with Gasteiger partial charge in [0.25, 0.3) is 0 Å². The molecule has 0 aliphatic heterocycles. The molecule has 2 aromatic heterocycles. The molecule has 0 fully saturated rings. The molecule has 6 rings (SSSR count). The predicted octanol–water partition coefficient (Wildman–Crippen LogP) is 8.47. The first-order valence-electron chi connectivity index (χ1n) is 14.1. The lowest BCUT2D eigenvalue weighted by Crippen LogP contribution is -1.92. The molecule has 0 saturated carbocycles. The zero-order valence-corrected chi connectivity index (χ0v) is 18.5. The number of aromatic nitrogens is 1. The molecule has 0 atom stereocenters. The van der Waals surface area contributed by atoms with Gasteiger partial charge in [-0.3, -0.25) is 4.98 Å². The smallest absolute Gasteiger partial charge is 0.144 e. The summed E-state index contributed by atoms with van der Waals surface area (Å²) in [7, 11) is 0. The van der Waals surface area contributed by atoms with Crippen molar-refractivity contribution in [2.75, 3.05) is 0 Å². The lowest BCUT2D eigenvalue weighted by Gasteiger charge is -2.13. The SMILES string of the molecule is [2H]C([2H])([2H])c1cnc(-c2cccc3c2oc2cc(C#N)ccc23)cc1-c1ccc(-c2ccccc2)cc1C([2H])([2H])[2H]. The third-order valence-corrected chi connectivity index (χ3v) is 6.22. The van der Waals surface area contributed by atoms with Crippen LogP contribution in [0.25, 0.3) is 55.4 Å². The zero-order valence-electron chi connectivity index (χ0n) is 24.5. The average Bonchev–Trinajstić information content (AvgIpc) is 3.34. The third kappa shape index (κ3) is 3.57. The Morgan fingerprint density at radius 3 is 2.46 bits per heavy atom. The van der Waals surface area contributed by atoms with Gasteiger partial charge < -0.3 is 4.42 Å². The second-order valence-corrected chi connectivity index (χ2v) is 8.35. The van der Waals surface area contributed by atoms with Gasteiger partial charge in [-0.25, -0.2) is 0 Å². The van der Waals surface area contributed by atoms with Crippen LogP contribution in [0.15, 0.2) is 102 Å². The van der Waals surface area contributed by atoms with Gasteiger partial charge in [0.15, 0.2) is 0 Å². The van der Waals surface area contributed by atoms with E-state index in [4.69, 9.17) is 12.6 Å². The Bertz CT molecular complexity index is 1980. The number of nitrogens with zero attached hydrogens (tertiary/aromatic N) is 2. The van der Waals surface area contributed by atoms with Crippen LogP contribution in [0.1, 0.15) is 24.9 Å². The summed E-state index contributed by atoms with van der Waals surface area (Å²) in [6.07, 6.45) is 1.29. The maximum Gasteiger partial charge on any atom is 0.144 e. The first kappa shape index (κ1) is 15.3. The number of para-hydroxylation sites is 1. The van der Waals surface area contributed by atoms with E-state index in [1.807, 2.05) is 54.6 Å².